The zero-order valence-corrected chi connectivity index (χ0v) is 16.3. The van der Waals surface area contributed by atoms with Crippen LogP contribution in [0.25, 0.3) is 0 Å². The van der Waals surface area contributed by atoms with Gasteiger partial charge in [0.1, 0.15) is 5.75 Å². The molecular formula is C21H23NO4S. The van der Waals surface area contributed by atoms with Crippen LogP contribution < -0.4 is 9.64 Å². The largest absolute Gasteiger partial charge is 0.494 e. The average Bonchev–Trinajstić information content (AvgIpc) is 3.02. The van der Waals surface area contributed by atoms with E-state index >= 15 is 0 Å². The number of para-hydroxylation sites is 1. The Morgan fingerprint density at radius 1 is 1.11 bits per heavy atom. The first kappa shape index (κ1) is 19.2. The maximum Gasteiger partial charge on any atom is 0.258 e. The predicted octanol–water partition coefficient (Wildman–Crippen LogP) is 3.61. The fourth-order valence-corrected chi connectivity index (χ4v) is 4.47. The van der Waals surface area contributed by atoms with Crippen LogP contribution in [0.15, 0.2) is 60.0 Å². The van der Waals surface area contributed by atoms with Crippen molar-refractivity contribution in [2.45, 2.75) is 26.3 Å². The molecule has 1 amide bonds. The number of amides is 1. The van der Waals surface area contributed by atoms with Gasteiger partial charge in [0.05, 0.1) is 18.4 Å². The molecule has 5 nitrogen and oxygen atoms in total. The minimum absolute atomic E-state index is 0.103. The SMILES string of the molecule is CCOc1ccc(C(=O)N(c2ccccc2CC)[C@@H]2C=CS(=O)(=O)C2)cc1. The number of carbonyl (C=O) groups is 1. The van der Waals surface area contributed by atoms with E-state index in [0.29, 0.717) is 17.9 Å². The van der Waals surface area contributed by atoms with Crippen molar-refractivity contribution in [2.75, 3.05) is 17.3 Å². The number of sulfone groups is 1. The highest BCUT2D eigenvalue weighted by Gasteiger charge is 2.32. The molecule has 0 radical (unpaired) electrons. The van der Waals surface area contributed by atoms with Gasteiger partial charge in [-0.05, 0) is 55.3 Å². The highest BCUT2D eigenvalue weighted by molar-refractivity contribution is 7.94. The Balaban J connectivity index is 2.01. The van der Waals surface area contributed by atoms with Gasteiger partial charge in [0.25, 0.3) is 5.91 Å². The number of rotatable bonds is 6. The van der Waals surface area contributed by atoms with Crippen LogP contribution >= 0.6 is 0 Å². The standard InChI is InChI=1S/C21H23NO4S/c1-3-16-7-5-6-8-20(16)22(18-13-14-27(24,25)15-18)21(23)17-9-11-19(12-10-17)26-4-2/h5-14,18H,3-4,15H2,1-2H3/t18-/m1/s1. The molecule has 27 heavy (non-hydrogen) atoms. The van der Waals surface area contributed by atoms with Crippen molar-refractivity contribution in [3.8, 4) is 5.75 Å². The maximum absolute atomic E-state index is 13.3. The van der Waals surface area contributed by atoms with E-state index in [9.17, 15) is 13.2 Å². The van der Waals surface area contributed by atoms with Gasteiger partial charge in [0.15, 0.2) is 9.84 Å². The van der Waals surface area contributed by atoms with Crippen LogP contribution in [0.2, 0.25) is 0 Å². The van der Waals surface area contributed by atoms with E-state index in [-0.39, 0.29) is 11.7 Å². The van der Waals surface area contributed by atoms with E-state index in [4.69, 9.17) is 4.74 Å². The first-order valence-corrected chi connectivity index (χ1v) is 10.7. The molecular weight excluding hydrogens is 362 g/mol. The first-order chi connectivity index (χ1) is 12.9. The number of benzene rings is 2. The zero-order chi connectivity index (χ0) is 19.4. The van der Waals surface area contributed by atoms with Crippen molar-refractivity contribution in [1.29, 1.82) is 0 Å². The summed E-state index contributed by atoms with van der Waals surface area (Å²) >= 11 is 0. The monoisotopic (exact) mass is 385 g/mol. The van der Waals surface area contributed by atoms with Crippen molar-refractivity contribution in [3.63, 3.8) is 0 Å². The Kier molecular flexibility index (Phi) is 5.65. The van der Waals surface area contributed by atoms with Gasteiger partial charge in [-0.1, -0.05) is 25.1 Å². The number of ether oxygens (including phenoxy) is 1. The van der Waals surface area contributed by atoms with Crippen molar-refractivity contribution >= 4 is 21.4 Å². The average molecular weight is 385 g/mol. The molecule has 0 bridgehead atoms. The Bertz CT molecular complexity index is 948. The van der Waals surface area contributed by atoms with E-state index < -0.39 is 15.9 Å². The molecule has 0 fully saturated rings. The Labute approximate surface area is 160 Å². The van der Waals surface area contributed by atoms with Gasteiger partial charge >= 0.3 is 0 Å². The summed E-state index contributed by atoms with van der Waals surface area (Å²) in [4.78, 5) is 14.9. The van der Waals surface area contributed by atoms with E-state index in [1.165, 1.54) is 5.41 Å². The molecule has 0 saturated carbocycles. The second-order valence-corrected chi connectivity index (χ2v) is 8.27. The lowest BCUT2D eigenvalue weighted by molar-refractivity contribution is 0.0983. The van der Waals surface area contributed by atoms with Gasteiger partial charge < -0.3 is 9.64 Å². The number of hydrogen-bond acceptors (Lipinski definition) is 4. The number of carbonyl (C=O) groups excluding carboxylic acids is 1. The number of anilines is 1. The fraction of sp³-hybridized carbons (Fsp3) is 0.286. The van der Waals surface area contributed by atoms with Crippen LogP contribution in [0.1, 0.15) is 29.8 Å². The molecule has 1 aliphatic rings. The van der Waals surface area contributed by atoms with Gasteiger partial charge in [0.2, 0.25) is 0 Å². The first-order valence-electron chi connectivity index (χ1n) is 9.00. The number of nitrogens with zero attached hydrogens (tertiary/aromatic N) is 1. The topological polar surface area (TPSA) is 63.7 Å². The zero-order valence-electron chi connectivity index (χ0n) is 15.5. The highest BCUT2D eigenvalue weighted by atomic mass is 32.2. The summed E-state index contributed by atoms with van der Waals surface area (Å²) in [7, 11) is -3.29. The van der Waals surface area contributed by atoms with Crippen LogP contribution in [0.3, 0.4) is 0 Å². The predicted molar refractivity (Wildman–Crippen MR) is 107 cm³/mol. The van der Waals surface area contributed by atoms with Crippen LogP contribution in [0.5, 0.6) is 5.75 Å². The molecule has 1 aliphatic heterocycles. The quantitative estimate of drug-likeness (QED) is 0.762. The summed E-state index contributed by atoms with van der Waals surface area (Å²) in [5, 5.41) is 1.20. The van der Waals surface area contributed by atoms with Gasteiger partial charge in [-0.25, -0.2) is 8.42 Å². The van der Waals surface area contributed by atoms with Crippen molar-refractivity contribution < 1.29 is 17.9 Å². The summed E-state index contributed by atoms with van der Waals surface area (Å²) < 4.78 is 29.4. The van der Waals surface area contributed by atoms with Crippen molar-refractivity contribution in [3.05, 3.63) is 71.1 Å². The Hall–Kier alpha value is -2.60. The molecule has 142 valence electrons. The van der Waals surface area contributed by atoms with E-state index in [0.717, 1.165) is 17.7 Å². The molecule has 0 N–H and O–H groups in total. The molecule has 6 heteroatoms. The van der Waals surface area contributed by atoms with E-state index in [1.54, 1.807) is 35.2 Å². The molecule has 0 unspecified atom stereocenters. The summed E-state index contributed by atoms with van der Waals surface area (Å²) in [5.74, 6) is 0.358. The summed E-state index contributed by atoms with van der Waals surface area (Å²) in [5.41, 5.74) is 2.22. The van der Waals surface area contributed by atoms with E-state index in [1.807, 2.05) is 38.1 Å². The van der Waals surface area contributed by atoms with Crippen LogP contribution in [-0.4, -0.2) is 32.7 Å². The Morgan fingerprint density at radius 3 is 2.41 bits per heavy atom. The van der Waals surface area contributed by atoms with Gasteiger partial charge in [-0.2, -0.15) is 0 Å². The van der Waals surface area contributed by atoms with Gasteiger partial charge in [0, 0.05) is 16.7 Å². The lowest BCUT2D eigenvalue weighted by atomic mass is 10.1. The van der Waals surface area contributed by atoms with Crippen LogP contribution in [0, 0.1) is 0 Å². The second kappa shape index (κ2) is 7.96. The molecule has 0 spiro atoms. The lowest BCUT2D eigenvalue weighted by Gasteiger charge is -2.29. The third-order valence-electron chi connectivity index (χ3n) is 4.51. The number of aryl methyl sites for hydroxylation is 1. The van der Waals surface area contributed by atoms with Crippen LogP contribution in [-0.2, 0) is 16.3 Å². The maximum atomic E-state index is 13.3. The molecule has 1 heterocycles. The Morgan fingerprint density at radius 2 is 1.81 bits per heavy atom. The summed E-state index contributed by atoms with van der Waals surface area (Å²) in [6, 6.07) is 14.0. The van der Waals surface area contributed by atoms with E-state index in [2.05, 4.69) is 0 Å². The normalized spacial score (nSPS) is 17.6. The molecule has 0 aliphatic carbocycles. The fourth-order valence-electron chi connectivity index (χ4n) is 3.20. The van der Waals surface area contributed by atoms with Crippen LogP contribution in [0.4, 0.5) is 5.69 Å². The van der Waals surface area contributed by atoms with Gasteiger partial charge in [-0.3, -0.25) is 4.79 Å². The third kappa shape index (κ3) is 4.22. The summed E-state index contributed by atoms with van der Waals surface area (Å²) in [6.07, 6.45) is 2.33. The molecule has 0 aromatic heterocycles. The molecule has 3 rings (SSSR count). The van der Waals surface area contributed by atoms with Crippen molar-refractivity contribution in [1.82, 2.24) is 0 Å². The summed E-state index contributed by atoms with van der Waals surface area (Å²) in [6.45, 7) is 4.46. The lowest BCUT2D eigenvalue weighted by Crippen LogP contribution is -2.41. The second-order valence-electron chi connectivity index (χ2n) is 6.34. The van der Waals surface area contributed by atoms with Crippen molar-refractivity contribution in [2.24, 2.45) is 0 Å². The minimum Gasteiger partial charge on any atom is -0.494 e. The molecule has 1 atom stereocenters. The smallest absolute Gasteiger partial charge is 0.258 e. The molecule has 2 aromatic rings. The molecule has 0 saturated heterocycles. The third-order valence-corrected chi connectivity index (χ3v) is 5.88. The molecule has 2 aromatic carbocycles. The highest BCUT2D eigenvalue weighted by Crippen LogP contribution is 2.29. The van der Waals surface area contributed by atoms with Gasteiger partial charge in [-0.15, -0.1) is 0 Å². The number of hydrogen-bond donors (Lipinski definition) is 0. The minimum atomic E-state index is -3.29.